The first-order chi connectivity index (χ1) is 9.61. The predicted octanol–water partition coefficient (Wildman–Crippen LogP) is 3.64. The summed E-state index contributed by atoms with van der Waals surface area (Å²) in [5.74, 6) is -1.85. The Labute approximate surface area is 125 Å². The van der Waals surface area contributed by atoms with Gasteiger partial charge in [0.15, 0.2) is 17.5 Å². The number of aryl methyl sites for hydroxylation is 2. The molecule has 1 atom stereocenters. The van der Waals surface area contributed by atoms with Crippen molar-refractivity contribution in [3.8, 4) is 6.07 Å². The lowest BCUT2D eigenvalue weighted by molar-refractivity contribution is -0.120. The van der Waals surface area contributed by atoms with Gasteiger partial charge in [0.1, 0.15) is 0 Å². The summed E-state index contributed by atoms with van der Waals surface area (Å²) in [7, 11) is 0. The third-order valence-corrected chi connectivity index (χ3v) is 4.68. The molecule has 0 radical (unpaired) electrons. The Morgan fingerprint density at radius 2 is 2.15 bits per heavy atom. The Morgan fingerprint density at radius 3 is 2.70 bits per heavy atom. The molecule has 0 spiro atoms. The van der Waals surface area contributed by atoms with E-state index in [0.29, 0.717) is 11.3 Å². The highest BCUT2D eigenvalue weighted by Gasteiger charge is 2.27. The maximum absolute atomic E-state index is 12.2. The van der Waals surface area contributed by atoms with Gasteiger partial charge in [-0.3, -0.25) is 9.59 Å². The van der Waals surface area contributed by atoms with Gasteiger partial charge in [-0.25, -0.2) is 0 Å². The minimum Gasteiger partial charge on any atom is -0.298 e. The van der Waals surface area contributed by atoms with Gasteiger partial charge in [0.2, 0.25) is 0 Å². The smallest absolute Gasteiger partial charge is 0.197 e. The molecule has 2 aromatic rings. The summed E-state index contributed by atoms with van der Waals surface area (Å²) in [5.41, 5.74) is 1.07. The van der Waals surface area contributed by atoms with E-state index in [-0.39, 0.29) is 18.0 Å². The summed E-state index contributed by atoms with van der Waals surface area (Å²) in [6, 6.07) is 7.30. The highest BCUT2D eigenvalue weighted by atomic mass is 32.1. The number of Topliss-reactive ketones (excluding diaryl/α,β-unsaturated/α-hetero) is 2. The van der Waals surface area contributed by atoms with Crippen molar-refractivity contribution in [2.45, 2.75) is 19.8 Å². The van der Waals surface area contributed by atoms with E-state index < -0.39 is 5.92 Å². The Morgan fingerprint density at radius 1 is 1.35 bits per heavy atom. The molecule has 2 heterocycles. The summed E-state index contributed by atoms with van der Waals surface area (Å²) in [5, 5.41) is 13.0. The van der Waals surface area contributed by atoms with Crippen molar-refractivity contribution < 1.29 is 9.59 Å². The highest BCUT2D eigenvalue weighted by molar-refractivity contribution is 7.14. The van der Waals surface area contributed by atoms with Crippen LogP contribution in [0.3, 0.4) is 0 Å². The molecule has 0 fully saturated rings. The molecule has 3 nitrogen and oxygen atoms in total. The lowest BCUT2D eigenvalue weighted by Gasteiger charge is -2.05. The van der Waals surface area contributed by atoms with Crippen molar-refractivity contribution in [1.29, 1.82) is 5.26 Å². The Bertz CT molecular complexity index is 650. The molecule has 0 aliphatic heterocycles. The number of carbonyl (C=O) groups is 2. The molecule has 5 heteroatoms. The average molecular weight is 303 g/mol. The summed E-state index contributed by atoms with van der Waals surface area (Å²) >= 11 is 2.89. The number of carbonyl (C=O) groups excluding carboxylic acids is 2. The zero-order valence-electron chi connectivity index (χ0n) is 11.0. The molecule has 0 N–H and O–H groups in total. The van der Waals surface area contributed by atoms with Crippen LogP contribution < -0.4 is 0 Å². The molecule has 0 aliphatic rings. The second-order valence-electron chi connectivity index (χ2n) is 4.43. The zero-order valence-corrected chi connectivity index (χ0v) is 12.6. The van der Waals surface area contributed by atoms with E-state index in [1.807, 2.05) is 35.9 Å². The second kappa shape index (κ2) is 6.60. The zero-order chi connectivity index (χ0) is 14.5. The van der Waals surface area contributed by atoms with Crippen LogP contribution in [0.5, 0.6) is 0 Å². The van der Waals surface area contributed by atoms with Gasteiger partial charge in [-0.05, 0) is 47.9 Å². The molecular weight excluding hydrogens is 290 g/mol. The van der Waals surface area contributed by atoms with Gasteiger partial charge >= 0.3 is 0 Å². The van der Waals surface area contributed by atoms with Crippen LogP contribution in [-0.2, 0) is 11.2 Å². The minimum absolute atomic E-state index is 0.227. The molecule has 2 rings (SSSR count). The maximum Gasteiger partial charge on any atom is 0.197 e. The predicted molar refractivity (Wildman–Crippen MR) is 80.1 cm³/mol. The van der Waals surface area contributed by atoms with Gasteiger partial charge < -0.3 is 0 Å². The average Bonchev–Trinajstić information content (AvgIpc) is 3.08. The van der Waals surface area contributed by atoms with Crippen molar-refractivity contribution in [3.05, 3.63) is 44.3 Å². The largest absolute Gasteiger partial charge is 0.298 e. The lowest BCUT2D eigenvalue weighted by atomic mass is 9.95. The van der Waals surface area contributed by atoms with E-state index in [2.05, 4.69) is 0 Å². The van der Waals surface area contributed by atoms with Crippen LogP contribution >= 0.6 is 22.7 Å². The normalized spacial score (nSPS) is 11.8. The van der Waals surface area contributed by atoms with E-state index in [0.717, 1.165) is 10.4 Å². The van der Waals surface area contributed by atoms with Gasteiger partial charge in [0, 0.05) is 11.3 Å². The molecule has 0 aromatic carbocycles. The van der Waals surface area contributed by atoms with Crippen LogP contribution in [0, 0.1) is 24.2 Å². The molecule has 0 bridgehead atoms. The third-order valence-electron chi connectivity index (χ3n) is 2.94. The number of nitrogens with zero attached hydrogens (tertiary/aromatic N) is 1. The number of hydrogen-bond donors (Lipinski definition) is 0. The Hall–Kier alpha value is -1.77. The van der Waals surface area contributed by atoms with Crippen molar-refractivity contribution in [2.24, 2.45) is 5.92 Å². The van der Waals surface area contributed by atoms with Gasteiger partial charge in [-0.2, -0.15) is 16.6 Å². The van der Waals surface area contributed by atoms with Crippen molar-refractivity contribution in [3.63, 3.8) is 0 Å². The van der Waals surface area contributed by atoms with Crippen LogP contribution in [0.4, 0.5) is 0 Å². The molecule has 0 amide bonds. The minimum atomic E-state index is -1.17. The SMILES string of the molecule is Cc1ccc(C(=O)[C@@H](C#N)C(=O)CCc2ccsc2)s1. The number of nitriles is 1. The number of thiophene rings is 2. The quantitative estimate of drug-likeness (QED) is 0.604. The summed E-state index contributed by atoms with van der Waals surface area (Å²) < 4.78 is 0. The fourth-order valence-electron chi connectivity index (χ4n) is 1.83. The van der Waals surface area contributed by atoms with Crippen LogP contribution in [0.1, 0.15) is 26.5 Å². The summed E-state index contributed by atoms with van der Waals surface area (Å²) in [6.07, 6.45) is 0.808. The highest BCUT2D eigenvalue weighted by Crippen LogP contribution is 2.20. The summed E-state index contributed by atoms with van der Waals surface area (Å²) in [4.78, 5) is 25.7. The van der Waals surface area contributed by atoms with E-state index in [9.17, 15) is 9.59 Å². The molecular formula is C15H13NO2S2. The first-order valence-electron chi connectivity index (χ1n) is 6.16. The van der Waals surface area contributed by atoms with Crippen molar-refractivity contribution in [1.82, 2.24) is 0 Å². The molecule has 20 heavy (non-hydrogen) atoms. The molecule has 2 aromatic heterocycles. The number of rotatable bonds is 6. The Kier molecular flexibility index (Phi) is 4.83. The summed E-state index contributed by atoms with van der Waals surface area (Å²) in [6.45, 7) is 1.89. The van der Waals surface area contributed by atoms with Crippen molar-refractivity contribution >= 4 is 34.2 Å². The molecule has 0 unspecified atom stereocenters. The van der Waals surface area contributed by atoms with E-state index in [1.165, 1.54) is 11.3 Å². The van der Waals surface area contributed by atoms with Crippen LogP contribution in [-0.4, -0.2) is 11.6 Å². The molecule has 102 valence electrons. The number of hydrogen-bond acceptors (Lipinski definition) is 5. The Balaban J connectivity index is 2.02. The molecule has 0 aliphatic carbocycles. The fraction of sp³-hybridized carbons (Fsp3) is 0.267. The second-order valence-corrected chi connectivity index (χ2v) is 6.50. The first kappa shape index (κ1) is 14.6. The van der Waals surface area contributed by atoms with Crippen LogP contribution in [0.25, 0.3) is 0 Å². The van der Waals surface area contributed by atoms with E-state index in [4.69, 9.17) is 5.26 Å². The standard InChI is InChI=1S/C15H13NO2S2/c1-10-2-5-14(20-10)15(18)12(8-16)13(17)4-3-11-6-7-19-9-11/h2,5-7,9,12H,3-4H2,1H3/t12-/m0/s1. The van der Waals surface area contributed by atoms with Gasteiger partial charge in [0.25, 0.3) is 0 Å². The van der Waals surface area contributed by atoms with Crippen LogP contribution in [0.15, 0.2) is 29.0 Å². The van der Waals surface area contributed by atoms with Crippen molar-refractivity contribution in [2.75, 3.05) is 0 Å². The third kappa shape index (κ3) is 3.41. The topological polar surface area (TPSA) is 57.9 Å². The van der Waals surface area contributed by atoms with Gasteiger partial charge in [0.05, 0.1) is 10.9 Å². The number of ketones is 2. The maximum atomic E-state index is 12.2. The van der Waals surface area contributed by atoms with E-state index >= 15 is 0 Å². The van der Waals surface area contributed by atoms with E-state index in [1.54, 1.807) is 17.4 Å². The van der Waals surface area contributed by atoms with Gasteiger partial charge in [-0.1, -0.05) is 0 Å². The lowest BCUT2D eigenvalue weighted by Crippen LogP contribution is -2.22. The van der Waals surface area contributed by atoms with Crippen LogP contribution in [0.2, 0.25) is 0 Å². The monoisotopic (exact) mass is 303 g/mol. The fourth-order valence-corrected chi connectivity index (χ4v) is 3.37. The van der Waals surface area contributed by atoms with Gasteiger partial charge in [-0.15, -0.1) is 11.3 Å². The molecule has 0 saturated carbocycles. The molecule has 0 saturated heterocycles. The first-order valence-corrected chi connectivity index (χ1v) is 7.92.